The van der Waals surface area contributed by atoms with Gasteiger partial charge in [0.2, 0.25) is 0 Å². The van der Waals surface area contributed by atoms with Gasteiger partial charge >= 0.3 is 5.97 Å². The van der Waals surface area contributed by atoms with Crippen LogP contribution in [0.15, 0.2) is 34.9 Å². The molecule has 0 spiro atoms. The van der Waals surface area contributed by atoms with Crippen LogP contribution in [-0.2, 0) is 6.42 Å². The van der Waals surface area contributed by atoms with Gasteiger partial charge in [0.05, 0.1) is 0 Å². The first kappa shape index (κ1) is 11.2. The zero-order valence-corrected chi connectivity index (χ0v) is 9.30. The first-order valence-corrected chi connectivity index (χ1v) is 5.24. The third-order valence-electron chi connectivity index (χ3n) is 2.34. The van der Waals surface area contributed by atoms with Crippen molar-refractivity contribution < 1.29 is 14.3 Å². The van der Waals surface area contributed by atoms with Gasteiger partial charge in [-0.3, -0.25) is 0 Å². The van der Waals surface area contributed by atoms with Gasteiger partial charge < -0.3 is 14.8 Å². The van der Waals surface area contributed by atoms with E-state index in [-0.39, 0.29) is 11.7 Å². The standard InChI is InChI=1S/C12H12N2O3/c1-2-8-3-5-9(6-4-8)13-12-14-10(7-17-12)11(15)16/h3-7H,2H2,1H3,(H,13,14)(H,15,16). The second-order valence-corrected chi connectivity index (χ2v) is 3.52. The molecule has 5 nitrogen and oxygen atoms in total. The molecule has 0 saturated heterocycles. The van der Waals surface area contributed by atoms with Crippen molar-refractivity contribution in [2.75, 3.05) is 5.32 Å². The Morgan fingerprint density at radius 3 is 2.65 bits per heavy atom. The molecule has 2 aromatic rings. The van der Waals surface area contributed by atoms with Crippen molar-refractivity contribution in [3.05, 3.63) is 41.8 Å². The van der Waals surface area contributed by atoms with E-state index in [9.17, 15) is 4.79 Å². The summed E-state index contributed by atoms with van der Waals surface area (Å²) in [6, 6.07) is 7.94. The smallest absolute Gasteiger partial charge is 0.357 e. The minimum Gasteiger partial charge on any atom is -0.476 e. The number of oxazole rings is 1. The summed E-state index contributed by atoms with van der Waals surface area (Å²) >= 11 is 0. The molecule has 0 unspecified atom stereocenters. The Hall–Kier alpha value is -2.30. The Morgan fingerprint density at radius 2 is 2.12 bits per heavy atom. The Kier molecular flexibility index (Phi) is 3.09. The van der Waals surface area contributed by atoms with Crippen LogP contribution in [0.25, 0.3) is 0 Å². The molecule has 5 heteroatoms. The Bertz CT molecular complexity index is 517. The number of aromatic carboxylic acids is 1. The van der Waals surface area contributed by atoms with Gasteiger partial charge in [-0.1, -0.05) is 19.1 Å². The fourth-order valence-electron chi connectivity index (χ4n) is 1.38. The van der Waals surface area contributed by atoms with Gasteiger partial charge in [0.25, 0.3) is 6.01 Å². The normalized spacial score (nSPS) is 10.2. The summed E-state index contributed by atoms with van der Waals surface area (Å²) in [7, 11) is 0. The first-order chi connectivity index (χ1) is 8.19. The molecule has 88 valence electrons. The highest BCUT2D eigenvalue weighted by Gasteiger charge is 2.09. The van der Waals surface area contributed by atoms with Crippen LogP contribution in [0.2, 0.25) is 0 Å². The molecule has 0 aliphatic heterocycles. The molecule has 2 N–H and O–H groups in total. The predicted molar refractivity (Wildman–Crippen MR) is 62.6 cm³/mol. The molecular formula is C12H12N2O3. The molecule has 1 aromatic heterocycles. The Morgan fingerprint density at radius 1 is 1.41 bits per heavy atom. The SMILES string of the molecule is CCc1ccc(Nc2nc(C(=O)O)co2)cc1. The average Bonchev–Trinajstić information content (AvgIpc) is 2.79. The Labute approximate surface area is 98.1 Å². The highest BCUT2D eigenvalue weighted by molar-refractivity contribution is 5.85. The molecule has 0 aliphatic rings. The van der Waals surface area contributed by atoms with Gasteiger partial charge in [-0.25, -0.2) is 4.79 Å². The fraction of sp³-hybridized carbons (Fsp3) is 0.167. The van der Waals surface area contributed by atoms with E-state index in [2.05, 4.69) is 17.2 Å². The minimum absolute atomic E-state index is 0.113. The van der Waals surface area contributed by atoms with Crippen LogP contribution >= 0.6 is 0 Å². The van der Waals surface area contributed by atoms with Gasteiger partial charge in [-0.05, 0) is 24.1 Å². The predicted octanol–water partition coefficient (Wildman–Crippen LogP) is 2.68. The van der Waals surface area contributed by atoms with E-state index < -0.39 is 5.97 Å². The molecule has 0 fully saturated rings. The van der Waals surface area contributed by atoms with E-state index in [0.29, 0.717) is 0 Å². The summed E-state index contributed by atoms with van der Waals surface area (Å²) in [5.41, 5.74) is 1.92. The topological polar surface area (TPSA) is 75.4 Å². The van der Waals surface area contributed by atoms with Gasteiger partial charge in [0.1, 0.15) is 6.26 Å². The van der Waals surface area contributed by atoms with E-state index >= 15 is 0 Å². The van der Waals surface area contributed by atoms with Gasteiger partial charge in [-0.15, -0.1) is 0 Å². The second-order valence-electron chi connectivity index (χ2n) is 3.52. The molecule has 1 aromatic carbocycles. The van der Waals surface area contributed by atoms with Crippen LogP contribution in [0.4, 0.5) is 11.7 Å². The second kappa shape index (κ2) is 4.69. The maximum atomic E-state index is 10.6. The monoisotopic (exact) mass is 232 g/mol. The molecule has 0 bridgehead atoms. The summed E-state index contributed by atoms with van der Waals surface area (Å²) in [4.78, 5) is 14.4. The lowest BCUT2D eigenvalue weighted by molar-refractivity contribution is 0.0690. The van der Waals surface area contributed by atoms with Crippen LogP contribution in [0.3, 0.4) is 0 Å². The summed E-state index contributed by atoms with van der Waals surface area (Å²) < 4.78 is 4.98. The molecule has 1 heterocycles. The third kappa shape index (κ3) is 2.63. The van der Waals surface area contributed by atoms with Crippen LogP contribution in [0.1, 0.15) is 23.0 Å². The van der Waals surface area contributed by atoms with Crippen molar-refractivity contribution in [2.24, 2.45) is 0 Å². The van der Waals surface area contributed by atoms with Crippen molar-refractivity contribution in [1.29, 1.82) is 0 Å². The van der Waals surface area contributed by atoms with E-state index in [0.717, 1.165) is 18.4 Å². The number of hydrogen-bond donors (Lipinski definition) is 2. The van der Waals surface area contributed by atoms with Crippen LogP contribution < -0.4 is 5.32 Å². The lowest BCUT2D eigenvalue weighted by atomic mass is 10.1. The number of aromatic nitrogens is 1. The molecule has 17 heavy (non-hydrogen) atoms. The lowest BCUT2D eigenvalue weighted by Crippen LogP contribution is -1.97. The van der Waals surface area contributed by atoms with Crippen molar-refractivity contribution in [3.63, 3.8) is 0 Å². The van der Waals surface area contributed by atoms with Crippen molar-refractivity contribution >= 4 is 17.7 Å². The highest BCUT2D eigenvalue weighted by Crippen LogP contribution is 2.16. The van der Waals surface area contributed by atoms with Gasteiger partial charge in [-0.2, -0.15) is 4.98 Å². The molecule has 2 rings (SSSR count). The van der Waals surface area contributed by atoms with E-state index in [4.69, 9.17) is 9.52 Å². The Balaban J connectivity index is 2.11. The number of carboxylic acids is 1. The number of anilines is 2. The van der Waals surface area contributed by atoms with Crippen LogP contribution in [-0.4, -0.2) is 16.1 Å². The summed E-state index contributed by atoms with van der Waals surface area (Å²) in [5.74, 6) is -1.11. The average molecular weight is 232 g/mol. The number of rotatable bonds is 4. The van der Waals surface area contributed by atoms with E-state index in [1.54, 1.807) is 0 Å². The van der Waals surface area contributed by atoms with E-state index in [1.165, 1.54) is 5.56 Å². The zero-order valence-electron chi connectivity index (χ0n) is 9.30. The quantitative estimate of drug-likeness (QED) is 0.847. The molecular weight excluding hydrogens is 220 g/mol. The largest absolute Gasteiger partial charge is 0.476 e. The number of benzene rings is 1. The van der Waals surface area contributed by atoms with Gasteiger partial charge in [0.15, 0.2) is 5.69 Å². The maximum Gasteiger partial charge on any atom is 0.357 e. The minimum atomic E-state index is -1.11. The fourth-order valence-corrected chi connectivity index (χ4v) is 1.38. The number of aryl methyl sites for hydroxylation is 1. The molecule has 0 saturated carbocycles. The summed E-state index contributed by atoms with van der Waals surface area (Å²) in [5, 5.41) is 11.6. The first-order valence-electron chi connectivity index (χ1n) is 5.24. The van der Waals surface area contributed by atoms with Gasteiger partial charge in [0, 0.05) is 5.69 Å². The summed E-state index contributed by atoms with van der Waals surface area (Å²) in [6.45, 7) is 2.08. The van der Waals surface area contributed by atoms with E-state index in [1.807, 2.05) is 24.3 Å². The molecule has 0 atom stereocenters. The van der Waals surface area contributed by atoms with Crippen molar-refractivity contribution in [3.8, 4) is 0 Å². The van der Waals surface area contributed by atoms with Crippen LogP contribution in [0, 0.1) is 0 Å². The number of carboxylic acid groups (broad SMARTS) is 1. The maximum absolute atomic E-state index is 10.6. The highest BCUT2D eigenvalue weighted by atomic mass is 16.4. The lowest BCUT2D eigenvalue weighted by Gasteiger charge is -2.02. The number of hydrogen-bond acceptors (Lipinski definition) is 4. The number of nitrogens with zero attached hydrogens (tertiary/aromatic N) is 1. The number of carbonyl (C=O) groups is 1. The zero-order chi connectivity index (χ0) is 12.3. The van der Waals surface area contributed by atoms with Crippen LogP contribution in [0.5, 0.6) is 0 Å². The summed E-state index contributed by atoms with van der Waals surface area (Å²) in [6.07, 6.45) is 2.08. The molecule has 0 aliphatic carbocycles. The molecule has 0 radical (unpaired) electrons. The van der Waals surface area contributed by atoms with Crippen molar-refractivity contribution in [2.45, 2.75) is 13.3 Å². The molecule has 0 amide bonds. The number of nitrogens with one attached hydrogen (secondary N) is 1. The third-order valence-corrected chi connectivity index (χ3v) is 2.34. The van der Waals surface area contributed by atoms with Crippen molar-refractivity contribution in [1.82, 2.24) is 4.98 Å².